The Labute approximate surface area is 154 Å². The third kappa shape index (κ3) is 3.82. The fourth-order valence-electron chi connectivity index (χ4n) is 3.33. The van der Waals surface area contributed by atoms with E-state index in [1.807, 2.05) is 25.1 Å². The quantitative estimate of drug-likeness (QED) is 0.833. The fraction of sp³-hybridized carbons (Fsp3) is 0.429. The van der Waals surface area contributed by atoms with E-state index in [-0.39, 0.29) is 11.9 Å². The van der Waals surface area contributed by atoms with E-state index in [1.54, 1.807) is 6.20 Å². The number of hydrogen-bond acceptors (Lipinski definition) is 4. The van der Waals surface area contributed by atoms with E-state index in [0.717, 1.165) is 25.1 Å². The Morgan fingerprint density at radius 1 is 1.31 bits per heavy atom. The number of fused-ring (bicyclic) bond motifs is 1. The van der Waals surface area contributed by atoms with Gasteiger partial charge in [0.05, 0.1) is 6.61 Å². The maximum atomic E-state index is 12.6. The molecule has 0 radical (unpaired) electrons. The molecule has 1 atom stereocenters. The van der Waals surface area contributed by atoms with Gasteiger partial charge in [-0.05, 0) is 49.3 Å². The second-order valence-corrected chi connectivity index (χ2v) is 7.22. The molecule has 0 bridgehead atoms. The maximum Gasteiger partial charge on any atom is 0.242 e. The van der Waals surface area contributed by atoms with Crippen LogP contribution in [0.5, 0.6) is 5.88 Å². The topological polar surface area (TPSA) is 54.5 Å². The fourth-order valence-corrected chi connectivity index (χ4v) is 3.33. The first-order chi connectivity index (χ1) is 12.7. The van der Waals surface area contributed by atoms with E-state index in [9.17, 15) is 4.79 Å². The molecule has 26 heavy (non-hydrogen) atoms. The number of amides is 1. The normalized spacial score (nSPS) is 16.9. The van der Waals surface area contributed by atoms with Gasteiger partial charge in [0, 0.05) is 31.0 Å². The molecule has 2 aliphatic rings. The molecule has 136 valence electrons. The Kier molecular flexibility index (Phi) is 4.78. The molecule has 1 N–H and O–H groups in total. The summed E-state index contributed by atoms with van der Waals surface area (Å²) in [7, 11) is 0. The Morgan fingerprint density at radius 2 is 2.15 bits per heavy atom. The van der Waals surface area contributed by atoms with Crippen molar-refractivity contribution >= 4 is 11.6 Å². The largest absolute Gasteiger partial charge is 0.477 e. The van der Waals surface area contributed by atoms with E-state index in [4.69, 9.17) is 4.74 Å². The van der Waals surface area contributed by atoms with Gasteiger partial charge in [0.2, 0.25) is 11.8 Å². The molecule has 0 spiro atoms. The van der Waals surface area contributed by atoms with Crippen molar-refractivity contribution in [2.75, 3.05) is 18.1 Å². The van der Waals surface area contributed by atoms with Crippen LogP contribution >= 0.6 is 0 Å². The summed E-state index contributed by atoms with van der Waals surface area (Å²) in [6, 6.07) is 12.0. The standard InChI is InChI=1S/C21H25N3O2/c1-15(24-11-10-18-4-2-3-5-19(18)24)21(25)23-13-17-8-9-20(22-12-17)26-14-16-6-7-16/h2-5,8-9,12,15-16H,6-7,10-11,13-14H2,1H3,(H,23,25)/t15-/m1/s1. The van der Waals surface area contributed by atoms with E-state index in [2.05, 4.69) is 33.4 Å². The van der Waals surface area contributed by atoms with Gasteiger partial charge in [-0.25, -0.2) is 4.98 Å². The molecular weight excluding hydrogens is 326 g/mol. The van der Waals surface area contributed by atoms with E-state index >= 15 is 0 Å². The highest BCUT2D eigenvalue weighted by Crippen LogP contribution is 2.30. The molecule has 1 fully saturated rings. The number of rotatable bonds is 7. The number of aromatic nitrogens is 1. The predicted molar refractivity (Wildman–Crippen MR) is 101 cm³/mol. The number of nitrogens with one attached hydrogen (secondary N) is 1. The SMILES string of the molecule is C[C@H](C(=O)NCc1ccc(OCC2CC2)nc1)N1CCc2ccccc21. The van der Waals surface area contributed by atoms with Crippen LogP contribution < -0.4 is 15.0 Å². The molecule has 0 unspecified atom stereocenters. The number of anilines is 1. The highest BCUT2D eigenvalue weighted by molar-refractivity contribution is 5.85. The minimum Gasteiger partial charge on any atom is -0.477 e. The first-order valence-electron chi connectivity index (χ1n) is 9.40. The minimum absolute atomic E-state index is 0.0377. The van der Waals surface area contributed by atoms with Gasteiger partial charge in [0.15, 0.2) is 0 Å². The molecule has 1 saturated carbocycles. The lowest BCUT2D eigenvalue weighted by molar-refractivity contribution is -0.122. The van der Waals surface area contributed by atoms with Crippen LogP contribution in [-0.2, 0) is 17.8 Å². The highest BCUT2D eigenvalue weighted by atomic mass is 16.5. The Bertz CT molecular complexity index is 771. The average molecular weight is 351 g/mol. The third-order valence-corrected chi connectivity index (χ3v) is 5.20. The summed E-state index contributed by atoms with van der Waals surface area (Å²) in [5.74, 6) is 1.41. The first-order valence-corrected chi connectivity index (χ1v) is 9.40. The summed E-state index contributed by atoms with van der Waals surface area (Å²) in [4.78, 5) is 19.1. The van der Waals surface area contributed by atoms with E-state index in [1.165, 1.54) is 24.1 Å². The van der Waals surface area contributed by atoms with Crippen LogP contribution in [-0.4, -0.2) is 30.1 Å². The van der Waals surface area contributed by atoms with E-state index < -0.39 is 0 Å². The zero-order valence-electron chi connectivity index (χ0n) is 15.1. The monoisotopic (exact) mass is 351 g/mol. The van der Waals surface area contributed by atoms with Gasteiger partial charge in [-0.1, -0.05) is 24.3 Å². The lowest BCUT2D eigenvalue weighted by Gasteiger charge is -2.26. The van der Waals surface area contributed by atoms with Gasteiger partial charge < -0.3 is 15.0 Å². The number of carbonyl (C=O) groups is 1. The third-order valence-electron chi connectivity index (χ3n) is 5.20. The van der Waals surface area contributed by atoms with Crippen LogP contribution in [0, 0.1) is 5.92 Å². The van der Waals surface area contributed by atoms with Crippen molar-refractivity contribution in [3.05, 3.63) is 53.7 Å². The van der Waals surface area contributed by atoms with Crippen molar-refractivity contribution in [1.82, 2.24) is 10.3 Å². The van der Waals surface area contributed by atoms with Crippen molar-refractivity contribution in [2.24, 2.45) is 5.92 Å². The lowest BCUT2D eigenvalue weighted by Crippen LogP contribution is -2.44. The van der Waals surface area contributed by atoms with Crippen LogP contribution in [0.25, 0.3) is 0 Å². The molecule has 2 heterocycles. The molecule has 1 aromatic heterocycles. The summed E-state index contributed by atoms with van der Waals surface area (Å²) in [5, 5.41) is 3.02. The van der Waals surface area contributed by atoms with E-state index in [0.29, 0.717) is 18.3 Å². The van der Waals surface area contributed by atoms with Gasteiger partial charge in [-0.3, -0.25) is 4.79 Å². The van der Waals surface area contributed by atoms with Crippen molar-refractivity contribution in [3.63, 3.8) is 0 Å². The second-order valence-electron chi connectivity index (χ2n) is 7.22. The predicted octanol–water partition coefficient (Wildman–Crippen LogP) is 2.94. The molecular formula is C21H25N3O2. The molecule has 4 rings (SSSR count). The highest BCUT2D eigenvalue weighted by Gasteiger charge is 2.27. The number of hydrogen-bond donors (Lipinski definition) is 1. The Morgan fingerprint density at radius 3 is 2.92 bits per heavy atom. The Hall–Kier alpha value is -2.56. The molecule has 5 heteroatoms. The van der Waals surface area contributed by atoms with Gasteiger partial charge in [0.25, 0.3) is 0 Å². The number of para-hydroxylation sites is 1. The number of nitrogens with zero attached hydrogens (tertiary/aromatic N) is 2. The van der Waals surface area contributed by atoms with Crippen molar-refractivity contribution in [2.45, 2.75) is 38.8 Å². The molecule has 1 amide bonds. The molecule has 1 aromatic carbocycles. The summed E-state index contributed by atoms with van der Waals surface area (Å²) >= 11 is 0. The molecule has 0 saturated heterocycles. The maximum absolute atomic E-state index is 12.6. The van der Waals surface area contributed by atoms with Gasteiger partial charge in [0.1, 0.15) is 6.04 Å². The zero-order chi connectivity index (χ0) is 17.9. The van der Waals surface area contributed by atoms with Crippen LogP contribution in [0.15, 0.2) is 42.6 Å². The smallest absolute Gasteiger partial charge is 0.242 e. The van der Waals surface area contributed by atoms with Crippen LogP contribution in [0.1, 0.15) is 30.9 Å². The van der Waals surface area contributed by atoms with Gasteiger partial charge >= 0.3 is 0 Å². The summed E-state index contributed by atoms with van der Waals surface area (Å²) in [6.07, 6.45) is 5.31. The Balaban J connectivity index is 1.29. The van der Waals surface area contributed by atoms with Gasteiger partial charge in [-0.15, -0.1) is 0 Å². The van der Waals surface area contributed by atoms with Gasteiger partial charge in [-0.2, -0.15) is 0 Å². The number of pyridine rings is 1. The van der Waals surface area contributed by atoms with Crippen LogP contribution in [0.2, 0.25) is 0 Å². The number of ether oxygens (including phenoxy) is 1. The van der Waals surface area contributed by atoms with Crippen molar-refractivity contribution in [1.29, 1.82) is 0 Å². The van der Waals surface area contributed by atoms with Crippen molar-refractivity contribution in [3.8, 4) is 5.88 Å². The molecule has 5 nitrogen and oxygen atoms in total. The lowest BCUT2D eigenvalue weighted by atomic mass is 10.1. The summed E-state index contributed by atoms with van der Waals surface area (Å²) in [5.41, 5.74) is 3.47. The summed E-state index contributed by atoms with van der Waals surface area (Å²) in [6.45, 7) is 4.10. The molecule has 2 aromatic rings. The number of carbonyl (C=O) groups excluding carboxylic acids is 1. The number of benzene rings is 1. The molecule has 1 aliphatic carbocycles. The average Bonchev–Trinajstić information content (AvgIpc) is 3.41. The minimum atomic E-state index is -0.187. The summed E-state index contributed by atoms with van der Waals surface area (Å²) < 4.78 is 5.64. The zero-order valence-corrected chi connectivity index (χ0v) is 15.1. The first kappa shape index (κ1) is 16.9. The van der Waals surface area contributed by atoms with Crippen molar-refractivity contribution < 1.29 is 9.53 Å². The van der Waals surface area contributed by atoms with Crippen LogP contribution in [0.4, 0.5) is 5.69 Å². The van der Waals surface area contributed by atoms with Crippen LogP contribution in [0.3, 0.4) is 0 Å². The molecule has 1 aliphatic heterocycles. The second kappa shape index (κ2) is 7.36.